The third-order valence-electron chi connectivity index (χ3n) is 2.94. The van der Waals surface area contributed by atoms with Gasteiger partial charge in [-0.2, -0.15) is 0 Å². The number of rotatable bonds is 7. The number of hydrogen-bond donors (Lipinski definition) is 0. The van der Waals surface area contributed by atoms with Crippen LogP contribution in [0.25, 0.3) is 0 Å². The standard InChI is InChI=1S/C15H17Br2N3S/c1-20(14-6-4-12(16)10-18-14)8-2-3-9-21-15-7-5-13(17)11-19-15/h4-7,10-11H,2-3,8-9H2,1H3. The van der Waals surface area contributed by atoms with E-state index in [1.165, 1.54) is 6.42 Å². The van der Waals surface area contributed by atoms with Crippen molar-refractivity contribution in [3.8, 4) is 0 Å². The molecule has 0 saturated carbocycles. The molecular weight excluding hydrogens is 414 g/mol. The predicted octanol–water partition coefficient (Wildman–Crippen LogP) is 5.01. The number of pyridine rings is 2. The molecule has 112 valence electrons. The molecule has 2 heterocycles. The van der Waals surface area contributed by atoms with E-state index in [1.54, 1.807) is 11.8 Å². The molecule has 0 aliphatic carbocycles. The number of halogens is 2. The maximum atomic E-state index is 4.39. The first-order valence-corrected chi connectivity index (χ1v) is 9.29. The summed E-state index contributed by atoms with van der Waals surface area (Å²) in [5, 5.41) is 1.08. The second kappa shape index (κ2) is 8.76. The van der Waals surface area contributed by atoms with Crippen molar-refractivity contribution < 1.29 is 0 Å². The average Bonchev–Trinajstić information content (AvgIpc) is 2.49. The molecule has 3 nitrogen and oxygen atoms in total. The van der Waals surface area contributed by atoms with Crippen LogP contribution in [-0.2, 0) is 0 Å². The van der Waals surface area contributed by atoms with Gasteiger partial charge in [-0.1, -0.05) is 0 Å². The number of hydrogen-bond acceptors (Lipinski definition) is 4. The number of nitrogens with zero attached hydrogens (tertiary/aromatic N) is 3. The van der Waals surface area contributed by atoms with E-state index in [4.69, 9.17) is 0 Å². The Hall–Kier alpha value is -0.590. The fraction of sp³-hybridized carbons (Fsp3) is 0.333. The Bertz CT molecular complexity index is 546. The van der Waals surface area contributed by atoms with Crippen LogP contribution >= 0.6 is 43.6 Å². The first kappa shape index (κ1) is 16.8. The van der Waals surface area contributed by atoms with E-state index in [0.29, 0.717) is 0 Å². The molecule has 2 aromatic rings. The molecule has 0 bridgehead atoms. The highest BCUT2D eigenvalue weighted by atomic mass is 79.9. The van der Waals surface area contributed by atoms with Crippen molar-refractivity contribution in [2.75, 3.05) is 24.2 Å². The van der Waals surface area contributed by atoms with Gasteiger partial charge in [-0.3, -0.25) is 0 Å². The van der Waals surface area contributed by atoms with Crippen LogP contribution in [0.1, 0.15) is 12.8 Å². The van der Waals surface area contributed by atoms with E-state index in [-0.39, 0.29) is 0 Å². The monoisotopic (exact) mass is 429 g/mol. The molecule has 2 rings (SSSR count). The van der Waals surface area contributed by atoms with Crippen molar-refractivity contribution in [3.05, 3.63) is 45.6 Å². The Morgan fingerprint density at radius 3 is 2.33 bits per heavy atom. The molecule has 0 aliphatic rings. The lowest BCUT2D eigenvalue weighted by molar-refractivity contribution is 0.764. The molecule has 0 amide bonds. The second-order valence-electron chi connectivity index (χ2n) is 4.63. The highest BCUT2D eigenvalue weighted by molar-refractivity contribution is 9.10. The van der Waals surface area contributed by atoms with Gasteiger partial charge in [0.05, 0.1) is 5.03 Å². The van der Waals surface area contributed by atoms with Gasteiger partial charge in [0.15, 0.2) is 0 Å². The molecule has 0 spiro atoms. The highest BCUT2D eigenvalue weighted by Crippen LogP contribution is 2.19. The summed E-state index contributed by atoms with van der Waals surface area (Å²) in [6.45, 7) is 1.02. The predicted molar refractivity (Wildman–Crippen MR) is 97.1 cm³/mol. The Balaban J connectivity index is 1.65. The average molecular weight is 431 g/mol. The minimum Gasteiger partial charge on any atom is -0.360 e. The maximum absolute atomic E-state index is 4.39. The van der Waals surface area contributed by atoms with Gasteiger partial charge in [0.1, 0.15) is 5.82 Å². The minimum atomic E-state index is 1.01. The van der Waals surface area contributed by atoms with E-state index in [1.807, 2.05) is 36.7 Å². The van der Waals surface area contributed by atoms with Crippen LogP contribution in [0, 0.1) is 0 Å². The van der Waals surface area contributed by atoms with Crippen LogP contribution in [0.4, 0.5) is 5.82 Å². The number of thioether (sulfide) groups is 1. The van der Waals surface area contributed by atoms with Gasteiger partial charge >= 0.3 is 0 Å². The molecule has 0 atom stereocenters. The van der Waals surface area contributed by atoms with Gasteiger partial charge in [0.25, 0.3) is 0 Å². The summed E-state index contributed by atoms with van der Waals surface area (Å²) < 4.78 is 2.04. The zero-order chi connectivity index (χ0) is 15.1. The van der Waals surface area contributed by atoms with Gasteiger partial charge in [-0.15, -0.1) is 11.8 Å². The van der Waals surface area contributed by atoms with Gasteiger partial charge in [-0.05, 0) is 74.7 Å². The minimum absolute atomic E-state index is 1.01. The Morgan fingerprint density at radius 1 is 1.00 bits per heavy atom. The lowest BCUT2D eigenvalue weighted by Gasteiger charge is -2.17. The van der Waals surface area contributed by atoms with Crippen molar-refractivity contribution in [2.24, 2.45) is 0 Å². The fourth-order valence-electron chi connectivity index (χ4n) is 1.78. The Labute approximate surface area is 146 Å². The zero-order valence-corrected chi connectivity index (χ0v) is 15.8. The summed E-state index contributed by atoms with van der Waals surface area (Å²) in [7, 11) is 2.08. The van der Waals surface area contributed by atoms with Crippen molar-refractivity contribution >= 4 is 49.4 Å². The van der Waals surface area contributed by atoms with Crippen LogP contribution < -0.4 is 4.90 Å². The molecule has 0 aromatic carbocycles. The summed E-state index contributed by atoms with van der Waals surface area (Å²) in [6.07, 6.45) is 6.00. The molecule has 0 aliphatic heterocycles. The Morgan fingerprint density at radius 2 is 1.71 bits per heavy atom. The lowest BCUT2D eigenvalue weighted by Crippen LogP contribution is -2.19. The van der Waals surface area contributed by atoms with Gasteiger partial charge < -0.3 is 4.90 Å². The first-order chi connectivity index (χ1) is 10.1. The summed E-state index contributed by atoms with van der Waals surface area (Å²) >= 11 is 8.60. The van der Waals surface area contributed by atoms with Crippen molar-refractivity contribution in [1.29, 1.82) is 0 Å². The smallest absolute Gasteiger partial charge is 0.128 e. The van der Waals surface area contributed by atoms with Crippen LogP contribution in [0.2, 0.25) is 0 Å². The molecule has 6 heteroatoms. The fourth-order valence-corrected chi connectivity index (χ4v) is 3.10. The largest absolute Gasteiger partial charge is 0.360 e. The quantitative estimate of drug-likeness (QED) is 0.456. The Kier molecular flexibility index (Phi) is 6.99. The van der Waals surface area contributed by atoms with Crippen molar-refractivity contribution in [1.82, 2.24) is 9.97 Å². The molecule has 0 saturated heterocycles. The third kappa shape index (κ3) is 5.96. The van der Waals surface area contributed by atoms with Gasteiger partial charge in [-0.25, -0.2) is 9.97 Å². The first-order valence-electron chi connectivity index (χ1n) is 6.72. The molecule has 0 radical (unpaired) electrons. The van der Waals surface area contributed by atoms with Crippen LogP contribution in [0.3, 0.4) is 0 Å². The summed E-state index contributed by atoms with van der Waals surface area (Å²) in [4.78, 5) is 10.9. The molecular formula is C15H17Br2N3S. The van der Waals surface area contributed by atoms with Crippen molar-refractivity contribution in [2.45, 2.75) is 17.9 Å². The molecule has 0 unspecified atom stereocenters. The van der Waals surface area contributed by atoms with Crippen LogP contribution in [0.5, 0.6) is 0 Å². The highest BCUT2D eigenvalue weighted by Gasteiger charge is 2.02. The van der Waals surface area contributed by atoms with Crippen LogP contribution in [-0.4, -0.2) is 29.3 Å². The number of aromatic nitrogens is 2. The summed E-state index contributed by atoms with van der Waals surface area (Å²) in [6, 6.07) is 8.13. The van der Waals surface area contributed by atoms with Crippen molar-refractivity contribution in [3.63, 3.8) is 0 Å². The topological polar surface area (TPSA) is 29.0 Å². The van der Waals surface area contributed by atoms with E-state index in [9.17, 15) is 0 Å². The van der Waals surface area contributed by atoms with Crippen LogP contribution in [0.15, 0.2) is 50.6 Å². The summed E-state index contributed by atoms with van der Waals surface area (Å²) in [5.41, 5.74) is 0. The van der Waals surface area contributed by atoms with E-state index in [0.717, 1.165) is 38.5 Å². The third-order valence-corrected chi connectivity index (χ3v) is 4.91. The normalized spacial score (nSPS) is 10.6. The molecule has 0 N–H and O–H groups in total. The van der Waals surface area contributed by atoms with Gasteiger partial charge in [0.2, 0.25) is 0 Å². The number of unbranched alkanes of at least 4 members (excludes halogenated alkanes) is 1. The SMILES string of the molecule is CN(CCCCSc1ccc(Br)cn1)c1ccc(Br)cn1. The summed E-state index contributed by atoms with van der Waals surface area (Å²) in [5.74, 6) is 2.11. The number of anilines is 1. The van der Waals surface area contributed by atoms with E-state index >= 15 is 0 Å². The van der Waals surface area contributed by atoms with E-state index < -0.39 is 0 Å². The zero-order valence-electron chi connectivity index (χ0n) is 11.8. The second-order valence-corrected chi connectivity index (χ2v) is 7.57. The maximum Gasteiger partial charge on any atom is 0.128 e. The molecule has 0 fully saturated rings. The lowest BCUT2D eigenvalue weighted by atomic mass is 10.3. The molecule has 21 heavy (non-hydrogen) atoms. The molecule has 2 aromatic heterocycles. The van der Waals surface area contributed by atoms with E-state index in [2.05, 4.69) is 53.8 Å². The van der Waals surface area contributed by atoms with Gasteiger partial charge in [0, 0.05) is 34.9 Å².